The van der Waals surface area contributed by atoms with Gasteiger partial charge in [0.1, 0.15) is 34.3 Å². The number of fused-ring (bicyclic) bond motifs is 1. The van der Waals surface area contributed by atoms with E-state index in [1.165, 1.54) is 11.8 Å². The Morgan fingerprint density at radius 1 is 0.923 bits per heavy atom. The van der Waals surface area contributed by atoms with Crippen LogP contribution in [0.2, 0.25) is 0 Å². The highest BCUT2D eigenvalue weighted by atomic mass is 32.2. The molecule has 0 aliphatic heterocycles. The van der Waals surface area contributed by atoms with Gasteiger partial charge in [0, 0.05) is 23.5 Å². The zero-order valence-electron chi connectivity index (χ0n) is 21.3. The van der Waals surface area contributed by atoms with Crippen LogP contribution in [0.1, 0.15) is 34.6 Å². The molecule has 0 radical (unpaired) electrons. The summed E-state index contributed by atoms with van der Waals surface area (Å²) < 4.78 is 5.99. The molecule has 0 bridgehead atoms. The fourth-order valence-electron chi connectivity index (χ4n) is 4.46. The van der Waals surface area contributed by atoms with Crippen molar-refractivity contribution in [1.29, 1.82) is 10.5 Å². The SMILES string of the molecule is Cc1oc(-c2ccc3ccccc3c2)nc1CSc1nc(N)c(C#N)c(-c2ccc(CCCO)cc2)c1C#N. The zero-order valence-corrected chi connectivity index (χ0v) is 22.1. The average Bonchev–Trinajstić information content (AvgIpc) is 3.34. The Morgan fingerprint density at radius 2 is 1.64 bits per heavy atom. The molecule has 0 saturated carbocycles. The first-order chi connectivity index (χ1) is 19.0. The summed E-state index contributed by atoms with van der Waals surface area (Å²) in [6.07, 6.45) is 1.41. The van der Waals surface area contributed by atoms with E-state index >= 15 is 0 Å². The second-order valence-corrected chi connectivity index (χ2v) is 10.0. The van der Waals surface area contributed by atoms with Gasteiger partial charge in [-0.15, -0.1) is 0 Å². The van der Waals surface area contributed by atoms with Gasteiger partial charge in [0.15, 0.2) is 0 Å². The summed E-state index contributed by atoms with van der Waals surface area (Å²) in [5, 5.41) is 31.7. The lowest BCUT2D eigenvalue weighted by atomic mass is 9.95. The van der Waals surface area contributed by atoms with E-state index in [1.807, 2.05) is 55.5 Å². The number of thioether (sulfide) groups is 1. The predicted octanol–water partition coefficient (Wildman–Crippen LogP) is 6.41. The number of hydrogen-bond donors (Lipinski definition) is 2. The largest absolute Gasteiger partial charge is 0.441 e. The lowest BCUT2D eigenvalue weighted by molar-refractivity contribution is 0.288. The summed E-state index contributed by atoms with van der Waals surface area (Å²) in [4.78, 5) is 9.14. The van der Waals surface area contributed by atoms with Gasteiger partial charge in [-0.2, -0.15) is 10.5 Å². The van der Waals surface area contributed by atoms with Crippen molar-refractivity contribution in [2.24, 2.45) is 0 Å². The van der Waals surface area contributed by atoms with Gasteiger partial charge in [0.05, 0.1) is 11.3 Å². The topological polar surface area (TPSA) is 133 Å². The molecule has 0 saturated heterocycles. The molecule has 2 heterocycles. The van der Waals surface area contributed by atoms with Gasteiger partial charge in [0.25, 0.3) is 0 Å². The first-order valence-corrected chi connectivity index (χ1v) is 13.4. The minimum Gasteiger partial charge on any atom is -0.441 e. The average molecular weight is 532 g/mol. The Labute approximate surface area is 230 Å². The number of hydrogen-bond acceptors (Lipinski definition) is 8. The van der Waals surface area contributed by atoms with Crippen LogP contribution < -0.4 is 5.73 Å². The number of aliphatic hydroxyl groups excluding tert-OH is 1. The lowest BCUT2D eigenvalue weighted by Gasteiger charge is -2.13. The molecule has 2 aromatic heterocycles. The molecule has 8 heteroatoms. The third-order valence-corrected chi connectivity index (χ3v) is 7.50. The molecule has 0 amide bonds. The van der Waals surface area contributed by atoms with Crippen molar-refractivity contribution in [3.05, 3.63) is 94.9 Å². The van der Waals surface area contributed by atoms with E-state index in [4.69, 9.17) is 20.2 Å². The molecule has 0 spiro atoms. The molecule has 3 aromatic carbocycles. The van der Waals surface area contributed by atoms with Gasteiger partial charge in [0.2, 0.25) is 5.89 Å². The van der Waals surface area contributed by atoms with Crippen molar-refractivity contribution in [3.8, 4) is 34.7 Å². The summed E-state index contributed by atoms with van der Waals surface area (Å²) in [6.45, 7) is 1.98. The molecule has 3 N–H and O–H groups in total. The van der Waals surface area contributed by atoms with E-state index in [1.54, 1.807) is 0 Å². The number of nitrogens with zero attached hydrogens (tertiary/aromatic N) is 4. The maximum absolute atomic E-state index is 10.1. The Kier molecular flexibility index (Phi) is 7.60. The Balaban J connectivity index is 1.45. The highest BCUT2D eigenvalue weighted by molar-refractivity contribution is 7.98. The van der Waals surface area contributed by atoms with Crippen LogP contribution in [0, 0.1) is 29.6 Å². The second kappa shape index (κ2) is 11.4. The maximum Gasteiger partial charge on any atom is 0.226 e. The Morgan fingerprint density at radius 3 is 2.36 bits per heavy atom. The van der Waals surface area contributed by atoms with Crippen LogP contribution in [0.5, 0.6) is 0 Å². The fraction of sp³-hybridized carbons (Fsp3) is 0.161. The Hall–Kier alpha value is -4.63. The highest BCUT2D eigenvalue weighted by Crippen LogP contribution is 2.37. The third kappa shape index (κ3) is 5.35. The van der Waals surface area contributed by atoms with E-state index in [0.29, 0.717) is 45.5 Å². The monoisotopic (exact) mass is 531 g/mol. The third-order valence-electron chi connectivity index (χ3n) is 6.52. The molecule has 0 aliphatic carbocycles. The van der Waals surface area contributed by atoms with Gasteiger partial charge in [-0.25, -0.2) is 9.97 Å². The van der Waals surface area contributed by atoms with E-state index in [2.05, 4.69) is 35.3 Å². The van der Waals surface area contributed by atoms with Crippen LogP contribution in [0.4, 0.5) is 5.82 Å². The summed E-state index contributed by atoms with van der Waals surface area (Å²) in [6, 6.07) is 26.2. The van der Waals surface area contributed by atoms with Crippen LogP contribution >= 0.6 is 11.8 Å². The van der Waals surface area contributed by atoms with Gasteiger partial charge in [-0.3, -0.25) is 0 Å². The van der Waals surface area contributed by atoms with Crippen LogP contribution in [0.3, 0.4) is 0 Å². The number of nitrogen functional groups attached to an aromatic ring is 1. The van der Waals surface area contributed by atoms with Crippen molar-refractivity contribution in [1.82, 2.24) is 9.97 Å². The van der Waals surface area contributed by atoms with E-state index in [-0.39, 0.29) is 18.0 Å². The number of aliphatic hydroxyl groups is 1. The van der Waals surface area contributed by atoms with Crippen molar-refractivity contribution in [2.45, 2.75) is 30.5 Å². The van der Waals surface area contributed by atoms with E-state index in [9.17, 15) is 10.5 Å². The molecule has 5 aromatic rings. The molecule has 7 nitrogen and oxygen atoms in total. The van der Waals surface area contributed by atoms with Crippen LogP contribution in [0.25, 0.3) is 33.4 Å². The number of benzene rings is 3. The number of aromatic nitrogens is 2. The molecule has 192 valence electrons. The molecule has 0 fully saturated rings. The second-order valence-electron chi connectivity index (χ2n) is 9.05. The number of nitrogens with two attached hydrogens (primary N) is 1. The van der Waals surface area contributed by atoms with Gasteiger partial charge < -0.3 is 15.3 Å². The summed E-state index contributed by atoms with van der Waals surface area (Å²) in [7, 11) is 0. The molecule has 0 atom stereocenters. The molecular formula is C31H25N5O2S. The lowest BCUT2D eigenvalue weighted by Crippen LogP contribution is -2.03. The van der Waals surface area contributed by atoms with Crippen LogP contribution in [0.15, 0.2) is 76.2 Å². The number of oxazole rings is 1. The van der Waals surface area contributed by atoms with Crippen LogP contribution in [-0.4, -0.2) is 21.7 Å². The summed E-state index contributed by atoms with van der Waals surface area (Å²) in [5.41, 5.74) is 10.5. The first kappa shape index (κ1) is 26.0. The van der Waals surface area contributed by atoms with Crippen molar-refractivity contribution < 1.29 is 9.52 Å². The number of aryl methyl sites for hydroxylation is 2. The fourth-order valence-corrected chi connectivity index (χ4v) is 5.45. The molecular weight excluding hydrogens is 506 g/mol. The minimum atomic E-state index is 0.0760. The quantitative estimate of drug-likeness (QED) is 0.220. The van der Waals surface area contributed by atoms with Gasteiger partial charge >= 0.3 is 0 Å². The van der Waals surface area contributed by atoms with Crippen molar-refractivity contribution >= 4 is 28.4 Å². The smallest absolute Gasteiger partial charge is 0.226 e. The minimum absolute atomic E-state index is 0.0760. The first-order valence-electron chi connectivity index (χ1n) is 12.4. The number of pyridine rings is 1. The summed E-state index contributed by atoms with van der Waals surface area (Å²) >= 11 is 1.33. The van der Waals surface area contributed by atoms with Crippen LogP contribution in [-0.2, 0) is 12.2 Å². The number of nitriles is 2. The molecule has 39 heavy (non-hydrogen) atoms. The van der Waals surface area contributed by atoms with E-state index < -0.39 is 0 Å². The predicted molar refractivity (Wildman–Crippen MR) is 153 cm³/mol. The zero-order chi connectivity index (χ0) is 27.4. The van der Waals surface area contributed by atoms with Gasteiger partial charge in [-0.1, -0.05) is 66.4 Å². The number of anilines is 1. The molecule has 0 aliphatic rings. The Bertz CT molecular complexity index is 1750. The summed E-state index contributed by atoms with van der Waals surface area (Å²) in [5.74, 6) is 1.70. The number of rotatable bonds is 8. The molecule has 5 rings (SSSR count). The molecule has 0 unspecified atom stereocenters. The maximum atomic E-state index is 10.1. The van der Waals surface area contributed by atoms with Crippen molar-refractivity contribution in [3.63, 3.8) is 0 Å². The van der Waals surface area contributed by atoms with Crippen molar-refractivity contribution in [2.75, 3.05) is 12.3 Å². The normalized spacial score (nSPS) is 10.9. The highest BCUT2D eigenvalue weighted by Gasteiger charge is 2.21. The van der Waals surface area contributed by atoms with E-state index in [0.717, 1.165) is 34.0 Å². The van der Waals surface area contributed by atoms with Gasteiger partial charge in [-0.05, 0) is 53.8 Å². The standard InChI is InChI=1S/C31H25N5O2S/c1-19-27(35-30(38-19)24-13-12-21-6-2-3-7-23(21)15-24)18-39-31-26(17-33)28(25(16-32)29(34)36-31)22-10-8-20(9-11-22)5-4-14-37/h2-3,6-13,15,37H,4-5,14,18H2,1H3,(H2,34,36).